The Morgan fingerprint density at radius 2 is 2.25 bits per heavy atom. The molecule has 0 bridgehead atoms. The first kappa shape index (κ1) is 11.9. The van der Waals surface area contributed by atoms with E-state index >= 15 is 0 Å². The van der Waals surface area contributed by atoms with E-state index in [9.17, 15) is 4.79 Å². The molecule has 0 spiro atoms. The van der Waals surface area contributed by atoms with E-state index in [1.54, 1.807) is 0 Å². The molecule has 4 nitrogen and oxygen atoms in total. The number of ether oxygens (including phenoxy) is 1. The van der Waals surface area contributed by atoms with E-state index in [0.29, 0.717) is 5.92 Å². The summed E-state index contributed by atoms with van der Waals surface area (Å²) in [6.07, 6.45) is 3.45. The zero-order valence-electron chi connectivity index (χ0n) is 10.1. The highest BCUT2D eigenvalue weighted by atomic mass is 16.5. The molecule has 2 rings (SSSR count). The maximum atomic E-state index is 12.0. The second-order valence-electron chi connectivity index (χ2n) is 4.89. The Morgan fingerprint density at radius 3 is 2.88 bits per heavy atom. The van der Waals surface area contributed by atoms with Crippen LogP contribution in [0, 0.1) is 5.92 Å². The molecule has 4 heteroatoms. The van der Waals surface area contributed by atoms with E-state index in [1.165, 1.54) is 0 Å². The van der Waals surface area contributed by atoms with Gasteiger partial charge in [-0.2, -0.15) is 0 Å². The number of carbonyl (C=O) groups excluding carboxylic acids is 1. The number of nitrogens with zero attached hydrogens (tertiary/aromatic N) is 1. The number of likely N-dealkylation sites (tertiary alicyclic amines) is 1. The fraction of sp³-hybridized carbons (Fsp3) is 0.917. The van der Waals surface area contributed by atoms with E-state index in [0.717, 1.165) is 52.1 Å². The Labute approximate surface area is 97.3 Å². The average molecular weight is 226 g/mol. The van der Waals surface area contributed by atoms with E-state index in [4.69, 9.17) is 4.74 Å². The molecule has 2 heterocycles. The predicted octanol–water partition coefficient (Wildman–Crippen LogP) is 0.623. The van der Waals surface area contributed by atoms with Gasteiger partial charge in [-0.05, 0) is 32.1 Å². The maximum Gasteiger partial charge on any atom is 0.239 e. The maximum absolute atomic E-state index is 12.0. The summed E-state index contributed by atoms with van der Waals surface area (Å²) in [5.74, 6) is 0.852. The van der Waals surface area contributed by atoms with Gasteiger partial charge in [0.2, 0.25) is 5.91 Å². The number of amides is 1. The lowest BCUT2D eigenvalue weighted by Gasteiger charge is -2.22. The standard InChI is InChI=1S/C12H22N2O2/c1-10(12(15)14-5-2-3-6-14)13-8-11-4-7-16-9-11/h10-11,13H,2-9H2,1H3/t10-,11+/m1/s1. The van der Waals surface area contributed by atoms with Crippen LogP contribution in [0.2, 0.25) is 0 Å². The first-order valence-electron chi connectivity index (χ1n) is 6.37. The summed E-state index contributed by atoms with van der Waals surface area (Å²) in [7, 11) is 0. The van der Waals surface area contributed by atoms with Gasteiger partial charge in [0.25, 0.3) is 0 Å². The molecule has 1 amide bonds. The molecular weight excluding hydrogens is 204 g/mol. The van der Waals surface area contributed by atoms with Crippen LogP contribution in [-0.4, -0.2) is 49.7 Å². The van der Waals surface area contributed by atoms with Crippen LogP contribution in [0.4, 0.5) is 0 Å². The summed E-state index contributed by atoms with van der Waals surface area (Å²) >= 11 is 0. The van der Waals surface area contributed by atoms with Gasteiger partial charge in [0.15, 0.2) is 0 Å². The summed E-state index contributed by atoms with van der Waals surface area (Å²) < 4.78 is 5.31. The van der Waals surface area contributed by atoms with Gasteiger partial charge in [-0.3, -0.25) is 4.79 Å². The van der Waals surface area contributed by atoms with Crippen molar-refractivity contribution in [3.05, 3.63) is 0 Å². The molecule has 2 aliphatic rings. The number of nitrogens with one attached hydrogen (secondary N) is 1. The van der Waals surface area contributed by atoms with E-state index < -0.39 is 0 Å². The second-order valence-corrected chi connectivity index (χ2v) is 4.89. The molecule has 1 N–H and O–H groups in total. The largest absolute Gasteiger partial charge is 0.381 e. The van der Waals surface area contributed by atoms with Crippen molar-refractivity contribution in [1.82, 2.24) is 10.2 Å². The van der Waals surface area contributed by atoms with Crippen LogP contribution < -0.4 is 5.32 Å². The molecule has 0 saturated carbocycles. The molecule has 2 aliphatic heterocycles. The van der Waals surface area contributed by atoms with E-state index in [2.05, 4.69) is 5.32 Å². The number of hydrogen-bond acceptors (Lipinski definition) is 3. The molecule has 0 aromatic rings. The Morgan fingerprint density at radius 1 is 1.50 bits per heavy atom. The van der Waals surface area contributed by atoms with Crippen molar-refractivity contribution in [3.8, 4) is 0 Å². The van der Waals surface area contributed by atoms with Crippen molar-refractivity contribution >= 4 is 5.91 Å². The van der Waals surface area contributed by atoms with Crippen LogP contribution in [0.25, 0.3) is 0 Å². The molecule has 2 atom stereocenters. The van der Waals surface area contributed by atoms with Crippen LogP contribution in [0.15, 0.2) is 0 Å². The number of rotatable bonds is 4. The molecule has 2 fully saturated rings. The first-order valence-corrected chi connectivity index (χ1v) is 6.37. The van der Waals surface area contributed by atoms with Gasteiger partial charge < -0.3 is 15.0 Å². The second kappa shape index (κ2) is 5.64. The quantitative estimate of drug-likeness (QED) is 0.764. The van der Waals surface area contributed by atoms with Gasteiger partial charge in [0, 0.05) is 26.2 Å². The summed E-state index contributed by atoms with van der Waals surface area (Å²) in [6, 6.07) is -0.0429. The van der Waals surface area contributed by atoms with Crippen LogP contribution in [0.3, 0.4) is 0 Å². The molecule has 0 aromatic carbocycles. The van der Waals surface area contributed by atoms with Crippen molar-refractivity contribution in [2.24, 2.45) is 5.92 Å². The van der Waals surface area contributed by atoms with E-state index in [1.807, 2.05) is 11.8 Å². The lowest BCUT2D eigenvalue weighted by Crippen LogP contribution is -2.45. The lowest BCUT2D eigenvalue weighted by molar-refractivity contribution is -0.132. The third kappa shape index (κ3) is 2.95. The summed E-state index contributed by atoms with van der Waals surface area (Å²) in [5, 5.41) is 3.33. The molecule has 0 radical (unpaired) electrons. The van der Waals surface area contributed by atoms with Crippen LogP contribution >= 0.6 is 0 Å². The topological polar surface area (TPSA) is 41.6 Å². The van der Waals surface area contributed by atoms with Crippen molar-refractivity contribution in [2.45, 2.75) is 32.2 Å². The highest BCUT2D eigenvalue weighted by molar-refractivity contribution is 5.81. The van der Waals surface area contributed by atoms with Gasteiger partial charge in [0.05, 0.1) is 12.6 Å². The fourth-order valence-corrected chi connectivity index (χ4v) is 2.39. The summed E-state index contributed by atoms with van der Waals surface area (Å²) in [5.41, 5.74) is 0. The highest BCUT2D eigenvalue weighted by Gasteiger charge is 2.24. The summed E-state index contributed by atoms with van der Waals surface area (Å²) in [6.45, 7) is 6.48. The van der Waals surface area contributed by atoms with Gasteiger partial charge in [0.1, 0.15) is 0 Å². The Kier molecular flexibility index (Phi) is 4.18. The molecule has 2 saturated heterocycles. The first-order chi connectivity index (χ1) is 7.77. The van der Waals surface area contributed by atoms with Crippen LogP contribution in [0.5, 0.6) is 0 Å². The van der Waals surface area contributed by atoms with Crippen LogP contribution in [-0.2, 0) is 9.53 Å². The Hall–Kier alpha value is -0.610. The van der Waals surface area contributed by atoms with Crippen molar-refractivity contribution in [3.63, 3.8) is 0 Å². The minimum atomic E-state index is -0.0429. The van der Waals surface area contributed by atoms with Gasteiger partial charge in [-0.15, -0.1) is 0 Å². The van der Waals surface area contributed by atoms with Crippen LogP contribution in [0.1, 0.15) is 26.2 Å². The SMILES string of the molecule is C[C@@H](NC[C@@H]1CCOC1)C(=O)N1CCCC1. The average Bonchev–Trinajstić information content (AvgIpc) is 2.96. The van der Waals surface area contributed by atoms with Crippen molar-refractivity contribution < 1.29 is 9.53 Å². The van der Waals surface area contributed by atoms with Gasteiger partial charge in [-0.1, -0.05) is 0 Å². The number of carbonyl (C=O) groups is 1. The highest BCUT2D eigenvalue weighted by Crippen LogP contribution is 2.12. The number of hydrogen-bond donors (Lipinski definition) is 1. The monoisotopic (exact) mass is 226 g/mol. The molecular formula is C12H22N2O2. The van der Waals surface area contributed by atoms with Gasteiger partial charge >= 0.3 is 0 Å². The van der Waals surface area contributed by atoms with Crippen molar-refractivity contribution in [2.75, 3.05) is 32.8 Å². The fourth-order valence-electron chi connectivity index (χ4n) is 2.39. The molecule has 0 unspecified atom stereocenters. The third-order valence-corrected chi connectivity index (χ3v) is 3.52. The third-order valence-electron chi connectivity index (χ3n) is 3.52. The zero-order chi connectivity index (χ0) is 11.4. The minimum Gasteiger partial charge on any atom is -0.381 e. The Bertz CT molecular complexity index is 233. The zero-order valence-corrected chi connectivity index (χ0v) is 10.1. The summed E-state index contributed by atoms with van der Waals surface area (Å²) in [4.78, 5) is 14.0. The normalized spacial score (nSPS) is 27.3. The van der Waals surface area contributed by atoms with Gasteiger partial charge in [-0.25, -0.2) is 0 Å². The molecule has 92 valence electrons. The molecule has 0 aliphatic carbocycles. The van der Waals surface area contributed by atoms with Crippen molar-refractivity contribution in [1.29, 1.82) is 0 Å². The molecule has 16 heavy (non-hydrogen) atoms. The Balaban J connectivity index is 1.69. The lowest BCUT2D eigenvalue weighted by atomic mass is 10.1. The van der Waals surface area contributed by atoms with E-state index in [-0.39, 0.29) is 11.9 Å². The smallest absolute Gasteiger partial charge is 0.239 e. The molecule has 0 aromatic heterocycles. The minimum absolute atomic E-state index is 0.0429. The predicted molar refractivity (Wildman–Crippen MR) is 62.2 cm³/mol.